The van der Waals surface area contributed by atoms with Crippen LogP contribution in [-0.4, -0.2) is 24.0 Å². The molecule has 0 radical (unpaired) electrons. The van der Waals surface area contributed by atoms with E-state index in [0.29, 0.717) is 5.69 Å². The first-order chi connectivity index (χ1) is 11.8. The minimum absolute atomic E-state index is 0.180. The number of rotatable bonds is 3. The van der Waals surface area contributed by atoms with Crippen LogP contribution in [0.1, 0.15) is 23.3 Å². The Balaban J connectivity index is 1.55. The molecule has 1 aromatic heterocycles. The van der Waals surface area contributed by atoms with Gasteiger partial charge in [-0.05, 0) is 48.6 Å². The molecular weight excluding hydrogens is 298 g/mol. The lowest BCUT2D eigenvalue weighted by molar-refractivity contribution is 0.102. The van der Waals surface area contributed by atoms with E-state index in [-0.39, 0.29) is 5.91 Å². The van der Waals surface area contributed by atoms with Gasteiger partial charge in [-0.1, -0.05) is 24.3 Å². The Labute approximate surface area is 141 Å². The molecule has 3 aromatic rings. The molecule has 2 aromatic carbocycles. The first-order valence-electron chi connectivity index (χ1n) is 8.31. The minimum Gasteiger partial charge on any atom is -0.372 e. The van der Waals surface area contributed by atoms with E-state index >= 15 is 0 Å². The summed E-state index contributed by atoms with van der Waals surface area (Å²) in [4.78, 5) is 19.2. The molecule has 1 aliphatic rings. The third-order valence-corrected chi connectivity index (χ3v) is 4.49. The number of amides is 1. The van der Waals surface area contributed by atoms with E-state index in [4.69, 9.17) is 0 Å². The lowest BCUT2D eigenvalue weighted by atomic mass is 10.1. The maximum atomic E-state index is 12.6. The number of hydrogen-bond donors (Lipinski definition) is 1. The van der Waals surface area contributed by atoms with E-state index in [9.17, 15) is 4.79 Å². The fourth-order valence-corrected chi connectivity index (χ4v) is 3.22. The van der Waals surface area contributed by atoms with Gasteiger partial charge in [0.05, 0.1) is 0 Å². The first-order valence-corrected chi connectivity index (χ1v) is 8.31. The van der Waals surface area contributed by atoms with Crippen LogP contribution in [0.5, 0.6) is 0 Å². The van der Waals surface area contributed by atoms with Crippen LogP contribution in [-0.2, 0) is 0 Å². The van der Waals surface area contributed by atoms with Crippen molar-refractivity contribution in [1.82, 2.24) is 4.98 Å². The summed E-state index contributed by atoms with van der Waals surface area (Å²) < 4.78 is 0. The Bertz CT molecular complexity index is 862. The normalized spacial score (nSPS) is 14.1. The number of nitrogens with one attached hydrogen (secondary N) is 1. The highest BCUT2D eigenvalue weighted by Gasteiger charge is 2.14. The van der Waals surface area contributed by atoms with Gasteiger partial charge in [-0.3, -0.25) is 9.78 Å². The Kier molecular flexibility index (Phi) is 3.87. The number of pyridine rings is 1. The van der Waals surface area contributed by atoms with Gasteiger partial charge in [-0.2, -0.15) is 0 Å². The second-order valence-corrected chi connectivity index (χ2v) is 6.08. The quantitative estimate of drug-likeness (QED) is 0.791. The molecule has 4 nitrogen and oxygen atoms in total. The number of carbonyl (C=O) groups is 1. The zero-order valence-electron chi connectivity index (χ0n) is 13.4. The van der Waals surface area contributed by atoms with E-state index in [1.54, 1.807) is 6.20 Å². The second-order valence-electron chi connectivity index (χ2n) is 6.08. The number of hydrogen-bond acceptors (Lipinski definition) is 3. The Morgan fingerprint density at radius 2 is 1.71 bits per heavy atom. The molecule has 1 amide bonds. The smallest absolute Gasteiger partial charge is 0.274 e. The van der Waals surface area contributed by atoms with Crippen LogP contribution >= 0.6 is 0 Å². The Morgan fingerprint density at radius 1 is 0.958 bits per heavy atom. The standard InChI is InChI=1S/C20H19N3O/c24-20(19-18-6-2-1-5-15(18)11-12-21-19)22-16-7-9-17(10-8-16)23-13-3-4-14-23/h1-2,5-12H,3-4,13-14H2,(H,22,24). The molecule has 1 N–H and O–H groups in total. The predicted octanol–water partition coefficient (Wildman–Crippen LogP) is 4.09. The highest BCUT2D eigenvalue weighted by atomic mass is 16.1. The summed E-state index contributed by atoms with van der Waals surface area (Å²) in [5, 5.41) is 4.83. The number of anilines is 2. The van der Waals surface area contributed by atoms with Crippen molar-refractivity contribution >= 4 is 28.1 Å². The molecule has 0 unspecified atom stereocenters. The van der Waals surface area contributed by atoms with Crippen molar-refractivity contribution in [3.63, 3.8) is 0 Å². The molecule has 24 heavy (non-hydrogen) atoms. The minimum atomic E-state index is -0.180. The number of nitrogens with zero attached hydrogens (tertiary/aromatic N) is 2. The van der Waals surface area contributed by atoms with Gasteiger partial charge in [0.15, 0.2) is 0 Å². The molecule has 1 saturated heterocycles. The lowest BCUT2D eigenvalue weighted by Crippen LogP contribution is -2.17. The van der Waals surface area contributed by atoms with Crippen molar-refractivity contribution in [3.05, 3.63) is 66.5 Å². The van der Waals surface area contributed by atoms with E-state index in [1.165, 1.54) is 18.5 Å². The van der Waals surface area contributed by atoms with Gasteiger partial charge in [0.1, 0.15) is 5.69 Å². The van der Waals surface area contributed by atoms with Crippen molar-refractivity contribution < 1.29 is 4.79 Å². The monoisotopic (exact) mass is 317 g/mol. The van der Waals surface area contributed by atoms with E-state index in [2.05, 4.69) is 27.3 Å². The topological polar surface area (TPSA) is 45.2 Å². The molecule has 0 saturated carbocycles. The van der Waals surface area contributed by atoms with Crippen LogP contribution in [0.4, 0.5) is 11.4 Å². The second kappa shape index (κ2) is 6.32. The number of aromatic nitrogens is 1. The fourth-order valence-electron chi connectivity index (χ4n) is 3.22. The summed E-state index contributed by atoms with van der Waals surface area (Å²) in [6.45, 7) is 2.23. The van der Waals surface area contributed by atoms with Gasteiger partial charge in [0.25, 0.3) is 5.91 Å². The third kappa shape index (κ3) is 2.83. The maximum absolute atomic E-state index is 12.6. The molecule has 2 heterocycles. The van der Waals surface area contributed by atoms with Crippen molar-refractivity contribution in [2.24, 2.45) is 0 Å². The fraction of sp³-hybridized carbons (Fsp3) is 0.200. The molecule has 4 heteroatoms. The van der Waals surface area contributed by atoms with Gasteiger partial charge in [-0.25, -0.2) is 0 Å². The van der Waals surface area contributed by atoms with Gasteiger partial charge in [-0.15, -0.1) is 0 Å². The maximum Gasteiger partial charge on any atom is 0.274 e. The zero-order valence-corrected chi connectivity index (χ0v) is 13.4. The Hall–Kier alpha value is -2.88. The van der Waals surface area contributed by atoms with Crippen LogP contribution in [0.3, 0.4) is 0 Å². The van der Waals surface area contributed by atoms with Crippen LogP contribution in [0, 0.1) is 0 Å². The zero-order chi connectivity index (χ0) is 16.4. The van der Waals surface area contributed by atoms with Gasteiger partial charge >= 0.3 is 0 Å². The molecule has 0 atom stereocenters. The van der Waals surface area contributed by atoms with Crippen LogP contribution < -0.4 is 10.2 Å². The van der Waals surface area contributed by atoms with Gasteiger partial charge < -0.3 is 10.2 Å². The van der Waals surface area contributed by atoms with Crippen LogP contribution in [0.2, 0.25) is 0 Å². The summed E-state index contributed by atoms with van der Waals surface area (Å²) in [5.41, 5.74) is 2.46. The van der Waals surface area contributed by atoms with E-state index in [1.807, 2.05) is 42.5 Å². The first kappa shape index (κ1) is 14.7. The van der Waals surface area contributed by atoms with Gasteiger partial charge in [0.2, 0.25) is 0 Å². The molecule has 1 fully saturated rings. The molecule has 1 aliphatic heterocycles. The largest absolute Gasteiger partial charge is 0.372 e. The highest BCUT2D eigenvalue weighted by molar-refractivity contribution is 6.11. The number of benzene rings is 2. The summed E-state index contributed by atoms with van der Waals surface area (Å²) in [6, 6.07) is 17.7. The summed E-state index contributed by atoms with van der Waals surface area (Å²) >= 11 is 0. The lowest BCUT2D eigenvalue weighted by Gasteiger charge is -2.17. The highest BCUT2D eigenvalue weighted by Crippen LogP contribution is 2.23. The molecule has 0 bridgehead atoms. The average molecular weight is 317 g/mol. The number of carbonyl (C=O) groups excluding carboxylic acids is 1. The van der Waals surface area contributed by atoms with Crippen LogP contribution in [0.15, 0.2) is 60.8 Å². The summed E-state index contributed by atoms with van der Waals surface area (Å²) in [7, 11) is 0. The Morgan fingerprint density at radius 3 is 2.50 bits per heavy atom. The molecule has 4 rings (SSSR count). The SMILES string of the molecule is O=C(Nc1ccc(N2CCCC2)cc1)c1nccc2ccccc12. The van der Waals surface area contributed by atoms with Crippen molar-refractivity contribution in [2.45, 2.75) is 12.8 Å². The van der Waals surface area contributed by atoms with Crippen LogP contribution in [0.25, 0.3) is 10.8 Å². The predicted molar refractivity (Wildman–Crippen MR) is 97.6 cm³/mol. The molecular formula is C20H19N3O. The molecule has 0 spiro atoms. The summed E-state index contributed by atoms with van der Waals surface area (Å²) in [5.74, 6) is -0.180. The summed E-state index contributed by atoms with van der Waals surface area (Å²) in [6.07, 6.45) is 4.18. The van der Waals surface area contributed by atoms with Crippen molar-refractivity contribution in [2.75, 3.05) is 23.3 Å². The molecule has 0 aliphatic carbocycles. The van der Waals surface area contributed by atoms with E-state index in [0.717, 1.165) is 29.5 Å². The third-order valence-electron chi connectivity index (χ3n) is 4.49. The van der Waals surface area contributed by atoms with Gasteiger partial charge in [0, 0.05) is 36.0 Å². The van der Waals surface area contributed by atoms with E-state index < -0.39 is 0 Å². The molecule has 120 valence electrons. The average Bonchev–Trinajstić information content (AvgIpc) is 3.16. The van der Waals surface area contributed by atoms with Crippen molar-refractivity contribution in [3.8, 4) is 0 Å². The van der Waals surface area contributed by atoms with Crippen molar-refractivity contribution in [1.29, 1.82) is 0 Å². The number of fused-ring (bicyclic) bond motifs is 1.